The molecule has 2 fully saturated rings. The number of anilines is 1. The van der Waals surface area contributed by atoms with E-state index in [2.05, 4.69) is 63.5 Å². The molecule has 0 radical (unpaired) electrons. The molecule has 462 valence electrons. The number of guanidine groups is 1. The molecule has 3 aliphatic rings. The van der Waals surface area contributed by atoms with Crippen LogP contribution in [0.2, 0.25) is 65.5 Å². The van der Waals surface area contributed by atoms with Crippen molar-refractivity contribution in [2.75, 3.05) is 18.2 Å². The summed E-state index contributed by atoms with van der Waals surface area (Å²) in [6, 6.07) is 0. The number of aliphatic imine (C=N–C) groups is 2. The predicted octanol–water partition coefficient (Wildman–Crippen LogP) is 2.26. The van der Waals surface area contributed by atoms with Gasteiger partial charge in [0.15, 0.2) is 30.2 Å². The lowest BCUT2D eigenvalue weighted by Gasteiger charge is -2.28. The van der Waals surface area contributed by atoms with Crippen LogP contribution in [0.15, 0.2) is 21.1 Å². The smallest absolute Gasteiger partial charge is 0.463 e. The molecule has 3 unspecified atom stereocenters. The van der Waals surface area contributed by atoms with Crippen LogP contribution in [0.1, 0.15) is 68.5 Å². The normalized spacial score (nSPS) is 23.0. The van der Waals surface area contributed by atoms with Crippen molar-refractivity contribution in [2.24, 2.45) is 9.98 Å². The van der Waals surface area contributed by atoms with Crippen LogP contribution in [0.4, 0.5) is 19.1 Å². The maximum atomic E-state index is 12.6. The van der Waals surface area contributed by atoms with E-state index < -0.39 is 152 Å². The Morgan fingerprint density at radius 1 is 0.765 bits per heavy atom. The van der Waals surface area contributed by atoms with E-state index in [9.17, 15) is 69.5 Å². The first-order valence-corrected chi connectivity index (χ1v) is 38.1. The molecular formula is C43H75F3N8O22SSi4. The molecule has 38 heteroatoms. The Labute approximate surface area is 471 Å². The molecule has 0 aliphatic carbocycles. The van der Waals surface area contributed by atoms with Gasteiger partial charge in [0, 0.05) is 48.5 Å². The van der Waals surface area contributed by atoms with E-state index in [1.54, 1.807) is 12.9 Å². The van der Waals surface area contributed by atoms with E-state index in [0.717, 1.165) is 32.3 Å². The molecule has 9 atom stereocenters. The zero-order valence-corrected chi connectivity index (χ0v) is 53.3. The zero-order chi connectivity index (χ0) is 63.4. The lowest BCUT2D eigenvalue weighted by atomic mass is 10.1. The third-order valence-electron chi connectivity index (χ3n) is 8.69. The number of rotatable bonds is 16. The fourth-order valence-electron chi connectivity index (χ4n) is 6.15. The number of hydrogen-bond acceptors (Lipinski definition) is 29. The highest BCUT2D eigenvalue weighted by molar-refractivity contribution is 7.88. The van der Waals surface area contributed by atoms with Gasteiger partial charge in [0.25, 0.3) is 0 Å². The van der Waals surface area contributed by atoms with Crippen molar-refractivity contribution in [2.45, 2.75) is 188 Å². The summed E-state index contributed by atoms with van der Waals surface area (Å²) in [5, 5.41) is 13.4. The summed E-state index contributed by atoms with van der Waals surface area (Å²) in [5.41, 5.74) is -6.02. The molecule has 30 nitrogen and oxygen atoms in total. The van der Waals surface area contributed by atoms with Gasteiger partial charge in [0.2, 0.25) is 38.6 Å². The van der Waals surface area contributed by atoms with Crippen LogP contribution >= 0.6 is 0 Å². The zero-order valence-electron chi connectivity index (χ0n) is 48.5. The average Bonchev–Trinajstić information content (AvgIpc) is 3.71. The molecule has 4 N–H and O–H groups in total. The van der Waals surface area contributed by atoms with Crippen LogP contribution in [0.25, 0.3) is 0 Å². The van der Waals surface area contributed by atoms with Crippen LogP contribution < -0.4 is 21.0 Å². The van der Waals surface area contributed by atoms with Crippen LogP contribution in [0.5, 0.6) is 0 Å². The number of carbonyl (C=O) groups excluding carboxylic acids is 7. The molecule has 4 rings (SSSR count). The summed E-state index contributed by atoms with van der Waals surface area (Å²) in [5.74, 6) is -6.90. The Bertz CT molecular complexity index is 2600. The molecule has 0 bridgehead atoms. The van der Waals surface area contributed by atoms with E-state index in [-0.39, 0.29) is 18.3 Å². The van der Waals surface area contributed by atoms with Gasteiger partial charge in [-0.05, 0) is 26.2 Å². The molecular weight excluding hydrogens is 1180 g/mol. The predicted molar refractivity (Wildman–Crippen MR) is 287 cm³/mol. The minimum Gasteiger partial charge on any atom is -0.463 e. The molecule has 0 amide bonds. The lowest BCUT2D eigenvalue weighted by molar-refractivity contribution is -0.280. The summed E-state index contributed by atoms with van der Waals surface area (Å²) < 4.78 is 118. The van der Waals surface area contributed by atoms with E-state index >= 15 is 0 Å². The first kappa shape index (κ1) is 75.1. The number of ether oxygens (including phenoxy) is 9. The minimum absolute atomic E-state index is 0.172. The van der Waals surface area contributed by atoms with Crippen LogP contribution in [-0.2, 0) is 94.6 Å². The first-order chi connectivity index (χ1) is 36.8. The van der Waals surface area contributed by atoms with Crippen molar-refractivity contribution in [1.29, 1.82) is 0 Å². The number of alkyl halides is 3. The first-order valence-electron chi connectivity index (χ1n) is 24.3. The molecule has 2 saturated heterocycles. The van der Waals surface area contributed by atoms with Gasteiger partial charge in [0.1, 0.15) is 42.1 Å². The highest BCUT2D eigenvalue weighted by Gasteiger charge is 2.61. The summed E-state index contributed by atoms with van der Waals surface area (Å²) in [6.45, 7) is 29.1. The second kappa shape index (κ2) is 32.1. The Hall–Kier alpha value is -5.91. The highest BCUT2D eigenvalue weighted by Crippen LogP contribution is 2.36. The van der Waals surface area contributed by atoms with Crippen molar-refractivity contribution in [3.63, 3.8) is 0 Å². The largest absolute Gasteiger partial charge is 0.522 e. The number of aliphatic hydroxyl groups is 1. The van der Waals surface area contributed by atoms with E-state index in [1.807, 2.05) is 33.5 Å². The van der Waals surface area contributed by atoms with Gasteiger partial charge in [-0.2, -0.15) is 26.6 Å². The van der Waals surface area contributed by atoms with Crippen LogP contribution in [0, 0.1) is 0 Å². The highest BCUT2D eigenvalue weighted by atomic mass is 32.2. The number of carbonyl (C=O) groups is 7. The van der Waals surface area contributed by atoms with Gasteiger partial charge in [-0.25, -0.2) is 19.8 Å². The molecule has 4 heterocycles. The number of nitrogens with one attached hydrogen (secondary N) is 3. The minimum atomic E-state index is -5.39. The van der Waals surface area contributed by atoms with E-state index in [0.29, 0.717) is 5.96 Å². The molecule has 1 aromatic heterocycles. The second-order valence-corrected chi connectivity index (χ2v) is 37.4. The molecule has 0 spiro atoms. The van der Waals surface area contributed by atoms with Crippen molar-refractivity contribution >= 4 is 104 Å². The Balaban J connectivity index is 0.00000111. The van der Waals surface area contributed by atoms with Crippen LogP contribution in [0.3, 0.4) is 0 Å². The quantitative estimate of drug-likeness (QED) is 0.0798. The molecule has 81 heavy (non-hydrogen) atoms. The number of hydrogen-bond donors (Lipinski definition) is 4. The number of esters is 7. The van der Waals surface area contributed by atoms with Gasteiger partial charge >= 0.3 is 71.8 Å². The lowest BCUT2D eigenvalue weighted by Crippen LogP contribution is -2.52. The maximum Gasteiger partial charge on any atom is 0.522 e. The summed E-state index contributed by atoms with van der Waals surface area (Å²) in [4.78, 5) is 114. The van der Waals surface area contributed by atoms with Gasteiger partial charge < -0.3 is 66.6 Å². The van der Waals surface area contributed by atoms with Crippen molar-refractivity contribution in [3.8, 4) is 0 Å². The molecule has 3 aliphatic heterocycles. The van der Waals surface area contributed by atoms with Crippen molar-refractivity contribution in [1.82, 2.24) is 24.8 Å². The average molecular weight is 1260 g/mol. The standard InChI is InChI=1S/C17H26N4O8Si.C13H18O10.C7H16N4OSi2.C4H9F3O3SSi.C2H6/c1-9(22)26-7-12-13(27-10(2)23)14(28-11(3)24)15(29-12)21-8-18-16(19-17(21)25)20-30(4,5)6;1-6(14)19-5-13(18)11(21-8(3)16)10(20-7(2)15)12(23-13)22-9(4)17;1-13(12)7-9-5-8-6(10-7)11-14(2,3)4;1-12(2,3)10-11(8,9)4(5,6)7;1-2/h8,12-15H,7H2,1-6H3,(H,19,20,25);10-12,18H,5H2,1-4H3;5,7H,1-4H3,(H2,8,9,10,11);1-3H3;1-2H3/t12-,13?,14+,15-;10-,11?,12+,13+;;;/m10.../s1. The van der Waals surface area contributed by atoms with E-state index in [4.69, 9.17) is 37.9 Å². The maximum absolute atomic E-state index is 12.6. The number of halogens is 3. The second-order valence-electron chi connectivity index (χ2n) is 19.9. The van der Waals surface area contributed by atoms with Gasteiger partial charge in [-0.15, -0.1) is 0 Å². The topological polar surface area (TPSA) is 392 Å². The molecule has 0 saturated carbocycles. The third kappa shape index (κ3) is 28.6. The number of nitrogens with zero attached hydrogens (tertiary/aromatic N) is 5. The van der Waals surface area contributed by atoms with Gasteiger partial charge in [0.05, 0.1) is 6.34 Å². The summed E-state index contributed by atoms with van der Waals surface area (Å²) >= 11 is 0. The molecule has 0 aromatic carbocycles. The Kier molecular flexibility index (Phi) is 29.7. The summed E-state index contributed by atoms with van der Waals surface area (Å²) in [6.07, 6.45) is -6.21. The van der Waals surface area contributed by atoms with Gasteiger partial charge in [-0.1, -0.05) is 53.1 Å². The van der Waals surface area contributed by atoms with Crippen molar-refractivity contribution in [3.05, 3.63) is 16.8 Å². The summed E-state index contributed by atoms with van der Waals surface area (Å²) in [7, 11) is -13.0. The van der Waals surface area contributed by atoms with Gasteiger partial charge in [-0.3, -0.25) is 42.9 Å². The van der Waals surface area contributed by atoms with E-state index in [1.165, 1.54) is 46.7 Å². The third-order valence-corrected chi connectivity index (χ3v) is 15.1. The van der Waals surface area contributed by atoms with Crippen molar-refractivity contribution < 1.29 is 111 Å². The monoisotopic (exact) mass is 1260 g/mol. The SMILES string of the molecule is CC.CC(=O)OC[C@@]1(O)O[C@@H](OC(C)=O)[C@@H](OC(C)=O)C1OC(C)=O.CC(=O)OC[C@H]1O[C@@H](n2cnc(N[Si](C)(C)C)nc2=O)[C@@H](OC(C)=O)C1OC(C)=O.C[Si](=O)C1N=CNC(N[Si](C)(C)C)=N1.C[Si](C)(C)OS(=O)(=O)C(F)(F)F. The molecule has 1 aromatic rings. The fraction of sp³-hybridized carbons (Fsp3) is 0.721. The fourth-order valence-corrected chi connectivity index (χ4v) is 11.4. The Morgan fingerprint density at radius 3 is 1.65 bits per heavy atom. The van der Waals surface area contributed by atoms with Crippen LogP contribution in [-0.4, -0.2) is 183 Å². The number of aromatic nitrogens is 3. The Morgan fingerprint density at radius 2 is 1.25 bits per heavy atom.